The van der Waals surface area contributed by atoms with Crippen LogP contribution in [0.15, 0.2) is 41.0 Å². The minimum Gasteiger partial charge on any atom is -0.483 e. The maximum atomic E-state index is 14.2. The summed E-state index contributed by atoms with van der Waals surface area (Å²) in [7, 11) is 0.0991. The minimum atomic E-state index is -0.681. The molecule has 4 unspecified atom stereocenters. The Kier molecular flexibility index (Phi) is 6.13. The molecule has 3 fully saturated rings. The van der Waals surface area contributed by atoms with Crippen molar-refractivity contribution in [3.8, 4) is 5.75 Å². The van der Waals surface area contributed by atoms with Crippen LogP contribution in [-0.4, -0.2) is 64.2 Å². The van der Waals surface area contributed by atoms with Crippen LogP contribution in [0.4, 0.5) is 21.6 Å². The van der Waals surface area contributed by atoms with E-state index in [4.69, 9.17) is 18.6 Å². The molecule has 3 aliphatic rings. The van der Waals surface area contributed by atoms with Gasteiger partial charge in [0.25, 0.3) is 0 Å². The monoisotopic (exact) mass is 498 g/mol. The van der Waals surface area contributed by atoms with Crippen LogP contribution in [-0.2, 0) is 20.2 Å². The first-order chi connectivity index (χ1) is 17.0. The minimum absolute atomic E-state index is 0.0991. The van der Waals surface area contributed by atoms with Gasteiger partial charge in [0.15, 0.2) is 6.10 Å². The second kappa shape index (κ2) is 9.42. The van der Waals surface area contributed by atoms with Gasteiger partial charge in [-0.25, -0.2) is 18.7 Å². The van der Waals surface area contributed by atoms with Crippen LogP contribution in [0, 0.1) is 12.7 Å². The topological polar surface area (TPSA) is 98.1 Å². The van der Waals surface area contributed by atoms with Crippen LogP contribution in [0.1, 0.15) is 18.4 Å². The van der Waals surface area contributed by atoms with Crippen molar-refractivity contribution in [3.05, 3.63) is 48.0 Å². The van der Waals surface area contributed by atoms with Crippen molar-refractivity contribution in [2.24, 2.45) is 4.36 Å². The van der Waals surface area contributed by atoms with Gasteiger partial charge in [0.1, 0.15) is 42.0 Å². The number of benzene rings is 2. The molecule has 0 saturated carbocycles. The highest BCUT2D eigenvalue weighted by molar-refractivity contribution is 7.87. The Labute approximate surface area is 204 Å². The van der Waals surface area contributed by atoms with Crippen LogP contribution >= 0.6 is 0 Å². The number of rotatable bonds is 5. The highest BCUT2D eigenvalue weighted by Gasteiger charge is 2.48. The molecule has 3 saturated heterocycles. The Hall–Kier alpha value is -2.66. The van der Waals surface area contributed by atoms with Gasteiger partial charge in [-0.15, -0.1) is 0 Å². The van der Waals surface area contributed by atoms with E-state index >= 15 is 0 Å². The van der Waals surface area contributed by atoms with E-state index in [1.165, 1.54) is 42.8 Å². The Morgan fingerprint density at radius 2 is 1.94 bits per heavy atom. The quantitative estimate of drug-likeness (QED) is 0.550. The molecule has 0 aliphatic carbocycles. The Bertz CT molecular complexity index is 1300. The number of hydrogen-bond donors (Lipinski definition) is 2. The summed E-state index contributed by atoms with van der Waals surface area (Å²) in [5, 5.41) is 14.2. The van der Waals surface area contributed by atoms with E-state index in [1.54, 1.807) is 6.07 Å². The average molecular weight is 499 g/mol. The SMILES string of the molecule is Cc1cc(N=S2CCCC2)cc2ncnc(Nc3ccc(F)cc3OC3COC4C(O)COC34)c12. The number of aryl methyl sites for hydroxylation is 1. The van der Waals surface area contributed by atoms with Crippen LogP contribution < -0.4 is 10.1 Å². The summed E-state index contributed by atoms with van der Waals surface area (Å²) in [4.78, 5) is 8.96. The van der Waals surface area contributed by atoms with Crippen molar-refractivity contribution in [1.29, 1.82) is 0 Å². The predicted octanol–water partition coefficient (Wildman–Crippen LogP) is 3.95. The largest absolute Gasteiger partial charge is 0.483 e. The van der Waals surface area contributed by atoms with Crippen LogP contribution in [0.3, 0.4) is 0 Å². The molecule has 10 heteroatoms. The number of hydrogen-bond acceptors (Lipinski definition) is 8. The summed E-state index contributed by atoms with van der Waals surface area (Å²) in [5.41, 5.74) is 3.32. The molecule has 6 rings (SSSR count). The van der Waals surface area contributed by atoms with Crippen LogP contribution in [0.5, 0.6) is 5.75 Å². The molecule has 0 radical (unpaired) electrons. The molecule has 35 heavy (non-hydrogen) atoms. The van der Waals surface area contributed by atoms with Crippen molar-refractivity contribution in [2.45, 2.75) is 44.2 Å². The van der Waals surface area contributed by atoms with Gasteiger partial charge < -0.3 is 24.6 Å². The van der Waals surface area contributed by atoms with Gasteiger partial charge in [-0.2, -0.15) is 0 Å². The molecule has 3 aromatic rings. The lowest BCUT2D eigenvalue weighted by Gasteiger charge is -2.21. The van der Waals surface area contributed by atoms with Crippen molar-refractivity contribution >= 4 is 38.8 Å². The molecule has 184 valence electrons. The molecule has 4 atom stereocenters. The number of aromatic nitrogens is 2. The third-order valence-electron chi connectivity index (χ3n) is 6.62. The van der Waals surface area contributed by atoms with E-state index in [0.29, 0.717) is 17.3 Å². The first kappa shape index (κ1) is 22.8. The number of halogens is 1. The molecule has 2 N–H and O–H groups in total. The van der Waals surface area contributed by atoms with Crippen LogP contribution in [0.25, 0.3) is 10.9 Å². The zero-order chi connectivity index (χ0) is 23.9. The number of anilines is 2. The number of nitrogens with zero attached hydrogens (tertiary/aromatic N) is 3. The zero-order valence-corrected chi connectivity index (χ0v) is 20.1. The van der Waals surface area contributed by atoms with E-state index < -0.39 is 30.2 Å². The van der Waals surface area contributed by atoms with Gasteiger partial charge in [-0.1, -0.05) is 10.7 Å². The molecular formula is C25H27FN4O4S. The van der Waals surface area contributed by atoms with Gasteiger partial charge >= 0.3 is 0 Å². The second-order valence-corrected chi connectivity index (χ2v) is 11.1. The lowest BCUT2D eigenvalue weighted by Crippen LogP contribution is -2.34. The summed E-state index contributed by atoms with van der Waals surface area (Å²) in [6, 6.07) is 8.40. The fourth-order valence-corrected chi connectivity index (χ4v) is 6.80. The molecule has 3 aliphatic heterocycles. The number of ether oxygens (including phenoxy) is 3. The molecule has 0 bridgehead atoms. The van der Waals surface area contributed by atoms with Crippen molar-refractivity contribution in [3.63, 3.8) is 0 Å². The highest BCUT2D eigenvalue weighted by Crippen LogP contribution is 2.36. The van der Waals surface area contributed by atoms with E-state index in [2.05, 4.69) is 21.4 Å². The second-order valence-electron chi connectivity index (χ2n) is 9.13. The number of nitrogens with one attached hydrogen (secondary N) is 1. The fraction of sp³-hybridized carbons (Fsp3) is 0.440. The van der Waals surface area contributed by atoms with Crippen molar-refractivity contribution in [2.75, 3.05) is 30.0 Å². The Morgan fingerprint density at radius 3 is 2.80 bits per heavy atom. The molecule has 0 amide bonds. The van der Waals surface area contributed by atoms with E-state index in [1.807, 2.05) is 13.0 Å². The molecule has 4 heterocycles. The zero-order valence-electron chi connectivity index (χ0n) is 19.3. The third kappa shape index (κ3) is 4.51. The normalized spacial score (nSPS) is 26.3. The summed E-state index contributed by atoms with van der Waals surface area (Å²) in [6.07, 6.45) is 2.05. The smallest absolute Gasteiger partial charge is 0.151 e. The maximum Gasteiger partial charge on any atom is 0.151 e. The predicted molar refractivity (Wildman–Crippen MR) is 132 cm³/mol. The number of fused-ring (bicyclic) bond motifs is 2. The third-order valence-corrected chi connectivity index (χ3v) is 8.61. The highest BCUT2D eigenvalue weighted by atomic mass is 32.2. The molecular weight excluding hydrogens is 471 g/mol. The van der Waals surface area contributed by atoms with E-state index in [0.717, 1.165) is 22.2 Å². The maximum absolute atomic E-state index is 14.2. The van der Waals surface area contributed by atoms with Gasteiger partial charge in [0.05, 0.1) is 30.1 Å². The average Bonchev–Trinajstić information content (AvgIpc) is 3.57. The number of aliphatic hydroxyl groups excluding tert-OH is 1. The molecule has 2 aromatic carbocycles. The fourth-order valence-electron chi connectivity index (χ4n) is 4.93. The summed E-state index contributed by atoms with van der Waals surface area (Å²) in [6.45, 7) is 2.48. The van der Waals surface area contributed by atoms with Gasteiger partial charge in [-0.3, -0.25) is 0 Å². The Morgan fingerprint density at radius 1 is 1.11 bits per heavy atom. The van der Waals surface area contributed by atoms with Crippen molar-refractivity contribution < 1.29 is 23.7 Å². The Balaban J connectivity index is 1.30. The van der Waals surface area contributed by atoms with Gasteiger partial charge in [-0.05, 0) is 49.6 Å². The van der Waals surface area contributed by atoms with E-state index in [-0.39, 0.29) is 23.9 Å². The summed E-state index contributed by atoms with van der Waals surface area (Å²) >= 11 is 0. The van der Waals surface area contributed by atoms with Crippen LogP contribution in [0.2, 0.25) is 0 Å². The van der Waals surface area contributed by atoms with E-state index in [9.17, 15) is 9.50 Å². The summed E-state index contributed by atoms with van der Waals surface area (Å²) < 4.78 is 36.6. The molecule has 8 nitrogen and oxygen atoms in total. The first-order valence-electron chi connectivity index (χ1n) is 11.8. The lowest BCUT2D eigenvalue weighted by molar-refractivity contribution is 0.00871. The van der Waals surface area contributed by atoms with Gasteiger partial charge in [0, 0.05) is 23.0 Å². The van der Waals surface area contributed by atoms with Gasteiger partial charge in [0.2, 0.25) is 0 Å². The van der Waals surface area contributed by atoms with Crippen molar-refractivity contribution in [1.82, 2.24) is 9.97 Å². The lowest BCUT2D eigenvalue weighted by atomic mass is 10.1. The summed E-state index contributed by atoms with van der Waals surface area (Å²) in [5.74, 6) is 2.84. The number of aliphatic hydroxyl groups is 1. The standard InChI is InChI=1S/C25H27FN4O4S/c1-14-8-16(30-35-6-2-3-7-35)10-18-22(14)25(28-13-27-18)29-17-5-4-15(26)9-20(17)34-21-12-33-23-19(31)11-32-24(21)23/h4-5,8-10,13,19,21,23-24,31H,2-3,6-7,11-12H2,1H3,(H,27,28,29). The molecule has 0 spiro atoms. The first-order valence-corrected chi connectivity index (χ1v) is 13.4. The molecule has 1 aromatic heterocycles.